The molecule has 0 radical (unpaired) electrons. The molecule has 2 aromatic heterocycles. The third-order valence-corrected chi connectivity index (χ3v) is 6.27. The zero-order valence-corrected chi connectivity index (χ0v) is 19.4. The topological polar surface area (TPSA) is 92.2 Å². The number of hydrogen-bond acceptors (Lipinski definition) is 5. The molecular formula is C27H22N4O4. The van der Waals surface area contributed by atoms with Gasteiger partial charge < -0.3 is 9.30 Å². The van der Waals surface area contributed by atoms with E-state index < -0.39 is 4.92 Å². The minimum absolute atomic E-state index is 0.0482. The van der Waals surface area contributed by atoms with Crippen molar-refractivity contribution >= 4 is 39.6 Å². The molecule has 8 heteroatoms. The number of non-ortho nitro benzene ring substituents is 1. The van der Waals surface area contributed by atoms with Gasteiger partial charge in [-0.3, -0.25) is 19.5 Å². The molecule has 0 fully saturated rings. The summed E-state index contributed by atoms with van der Waals surface area (Å²) in [6.07, 6.45) is 3.74. The second kappa shape index (κ2) is 8.57. The smallest absolute Gasteiger partial charge is 0.269 e. The molecule has 8 nitrogen and oxygen atoms in total. The molecule has 0 unspecified atom stereocenters. The van der Waals surface area contributed by atoms with Crippen molar-refractivity contribution in [2.24, 2.45) is 7.05 Å². The first-order valence-electron chi connectivity index (χ1n) is 11.0. The predicted molar refractivity (Wildman–Crippen MR) is 137 cm³/mol. The van der Waals surface area contributed by atoms with E-state index >= 15 is 0 Å². The lowest BCUT2D eigenvalue weighted by atomic mass is 10.1. The Kier molecular flexibility index (Phi) is 5.41. The number of para-hydroxylation sites is 1. The highest BCUT2D eigenvalue weighted by Gasteiger charge is 2.14. The van der Waals surface area contributed by atoms with Crippen LogP contribution in [-0.4, -0.2) is 26.2 Å². The number of methoxy groups -OCH3 is 1. The minimum atomic E-state index is -0.469. The lowest BCUT2D eigenvalue weighted by Crippen LogP contribution is -2.22. The number of hydrogen-bond donors (Lipinski definition) is 0. The maximum absolute atomic E-state index is 13.5. The van der Waals surface area contributed by atoms with Gasteiger partial charge in [0, 0.05) is 41.3 Å². The standard InChI is InChI=1S/C27H22N4O4/c1-17-21(23-16-20(35-3)12-14-25(23)29(17)2)13-15-26-28-24-7-5-4-6-22(24)27(32)30(26)18-8-10-19(11-9-18)31(33)34/h4-16H,1-3H3/b15-13+. The third-order valence-electron chi connectivity index (χ3n) is 6.27. The van der Waals surface area contributed by atoms with Crippen LogP contribution in [0.25, 0.3) is 39.6 Å². The van der Waals surface area contributed by atoms with Gasteiger partial charge in [-0.25, -0.2) is 4.98 Å². The van der Waals surface area contributed by atoms with Gasteiger partial charge in [0.25, 0.3) is 11.2 Å². The largest absolute Gasteiger partial charge is 0.497 e. The normalized spacial score (nSPS) is 11.5. The highest BCUT2D eigenvalue weighted by atomic mass is 16.6. The van der Waals surface area contributed by atoms with Crippen molar-refractivity contribution in [3.63, 3.8) is 0 Å². The van der Waals surface area contributed by atoms with Gasteiger partial charge in [0.2, 0.25) is 0 Å². The number of nitrogens with zero attached hydrogens (tertiary/aromatic N) is 4. The van der Waals surface area contributed by atoms with Crippen molar-refractivity contribution in [1.29, 1.82) is 0 Å². The highest BCUT2D eigenvalue weighted by molar-refractivity contribution is 5.94. The fourth-order valence-electron chi connectivity index (χ4n) is 4.31. The van der Waals surface area contributed by atoms with Crippen LogP contribution in [0.3, 0.4) is 0 Å². The fraction of sp³-hybridized carbons (Fsp3) is 0.111. The molecule has 0 saturated carbocycles. The Balaban J connectivity index is 1.73. The Bertz CT molecular complexity index is 1700. The van der Waals surface area contributed by atoms with E-state index in [1.54, 1.807) is 43.5 Å². The van der Waals surface area contributed by atoms with Crippen LogP contribution in [0.15, 0.2) is 71.5 Å². The van der Waals surface area contributed by atoms with Crippen molar-refractivity contribution < 1.29 is 9.66 Å². The summed E-state index contributed by atoms with van der Waals surface area (Å²) in [5.41, 5.74) is 3.87. The summed E-state index contributed by atoms with van der Waals surface area (Å²) < 4.78 is 9.00. The molecule has 3 aromatic carbocycles. The molecular weight excluding hydrogens is 444 g/mol. The number of rotatable bonds is 5. The second-order valence-corrected chi connectivity index (χ2v) is 8.18. The second-order valence-electron chi connectivity index (χ2n) is 8.18. The van der Waals surface area contributed by atoms with E-state index in [1.165, 1.54) is 16.7 Å². The Morgan fingerprint density at radius 3 is 2.46 bits per heavy atom. The van der Waals surface area contributed by atoms with E-state index in [1.807, 2.05) is 44.3 Å². The number of nitro groups is 1. The van der Waals surface area contributed by atoms with Gasteiger partial charge >= 0.3 is 0 Å². The summed E-state index contributed by atoms with van der Waals surface area (Å²) in [5.74, 6) is 1.17. The van der Waals surface area contributed by atoms with Gasteiger partial charge in [-0.15, -0.1) is 0 Å². The molecule has 2 heterocycles. The van der Waals surface area contributed by atoms with Crippen LogP contribution < -0.4 is 10.3 Å². The SMILES string of the molecule is COc1ccc2c(c1)c(/C=C/c1nc3ccccc3c(=O)n1-c1ccc([N+](=O)[O-])cc1)c(C)n2C. The summed E-state index contributed by atoms with van der Waals surface area (Å²) in [6.45, 7) is 2.03. The number of fused-ring (bicyclic) bond motifs is 2. The van der Waals surface area contributed by atoms with E-state index in [0.717, 1.165) is 27.9 Å². The molecule has 5 aromatic rings. The summed E-state index contributed by atoms with van der Waals surface area (Å²) in [4.78, 5) is 28.9. The van der Waals surface area contributed by atoms with Crippen molar-refractivity contribution in [3.05, 3.63) is 104 Å². The molecule has 0 spiro atoms. The van der Waals surface area contributed by atoms with E-state index in [9.17, 15) is 14.9 Å². The molecule has 0 bridgehead atoms. The first-order chi connectivity index (χ1) is 16.9. The summed E-state index contributed by atoms with van der Waals surface area (Å²) in [7, 11) is 3.64. The van der Waals surface area contributed by atoms with Gasteiger partial charge in [0.05, 0.1) is 28.6 Å². The number of benzene rings is 3. The number of aryl methyl sites for hydroxylation is 1. The number of nitro benzene ring substituents is 1. The van der Waals surface area contributed by atoms with Crippen LogP contribution >= 0.6 is 0 Å². The quantitative estimate of drug-likeness (QED) is 0.260. The molecule has 0 saturated heterocycles. The van der Waals surface area contributed by atoms with Crippen LogP contribution in [0.2, 0.25) is 0 Å². The number of aromatic nitrogens is 3. The van der Waals surface area contributed by atoms with Crippen LogP contribution in [-0.2, 0) is 7.05 Å². The zero-order chi connectivity index (χ0) is 24.7. The molecule has 174 valence electrons. The molecule has 0 amide bonds. The van der Waals surface area contributed by atoms with Crippen LogP contribution in [0.5, 0.6) is 5.75 Å². The fourth-order valence-corrected chi connectivity index (χ4v) is 4.31. The molecule has 0 aliphatic heterocycles. The summed E-state index contributed by atoms with van der Waals surface area (Å²) in [5, 5.41) is 12.6. The average Bonchev–Trinajstić information content (AvgIpc) is 3.11. The van der Waals surface area contributed by atoms with Gasteiger partial charge in [0.15, 0.2) is 0 Å². The maximum Gasteiger partial charge on any atom is 0.269 e. The van der Waals surface area contributed by atoms with E-state index in [2.05, 4.69) is 4.57 Å². The molecule has 0 atom stereocenters. The van der Waals surface area contributed by atoms with Crippen LogP contribution in [0, 0.1) is 17.0 Å². The summed E-state index contributed by atoms with van der Waals surface area (Å²) >= 11 is 0. The molecule has 0 N–H and O–H groups in total. The lowest BCUT2D eigenvalue weighted by Gasteiger charge is -2.11. The molecule has 5 rings (SSSR count). The molecule has 35 heavy (non-hydrogen) atoms. The Hall–Kier alpha value is -4.72. The highest BCUT2D eigenvalue weighted by Crippen LogP contribution is 2.30. The third kappa shape index (κ3) is 3.74. The van der Waals surface area contributed by atoms with Crippen LogP contribution in [0.4, 0.5) is 5.69 Å². The zero-order valence-electron chi connectivity index (χ0n) is 19.4. The minimum Gasteiger partial charge on any atom is -0.497 e. The summed E-state index contributed by atoms with van der Waals surface area (Å²) in [6, 6.07) is 18.9. The van der Waals surface area contributed by atoms with Crippen molar-refractivity contribution in [2.45, 2.75) is 6.92 Å². The van der Waals surface area contributed by atoms with Gasteiger partial charge in [-0.05, 0) is 61.5 Å². The van der Waals surface area contributed by atoms with E-state index in [0.29, 0.717) is 22.4 Å². The average molecular weight is 466 g/mol. The predicted octanol–water partition coefficient (Wildman–Crippen LogP) is 5.27. The first kappa shape index (κ1) is 22.1. The Morgan fingerprint density at radius 2 is 1.74 bits per heavy atom. The molecule has 0 aliphatic carbocycles. The monoisotopic (exact) mass is 466 g/mol. The Morgan fingerprint density at radius 1 is 1.00 bits per heavy atom. The van der Waals surface area contributed by atoms with Gasteiger partial charge in [0.1, 0.15) is 11.6 Å². The lowest BCUT2D eigenvalue weighted by molar-refractivity contribution is -0.384. The van der Waals surface area contributed by atoms with Crippen LogP contribution in [0.1, 0.15) is 17.1 Å². The maximum atomic E-state index is 13.5. The van der Waals surface area contributed by atoms with E-state index in [-0.39, 0.29) is 11.2 Å². The van der Waals surface area contributed by atoms with Crippen molar-refractivity contribution in [2.75, 3.05) is 7.11 Å². The number of ether oxygens (including phenoxy) is 1. The van der Waals surface area contributed by atoms with Crippen molar-refractivity contribution in [1.82, 2.24) is 14.1 Å². The molecule has 0 aliphatic rings. The van der Waals surface area contributed by atoms with Gasteiger partial charge in [-0.1, -0.05) is 12.1 Å². The first-order valence-corrected chi connectivity index (χ1v) is 11.0. The van der Waals surface area contributed by atoms with E-state index in [4.69, 9.17) is 9.72 Å². The van der Waals surface area contributed by atoms with Crippen molar-refractivity contribution in [3.8, 4) is 11.4 Å². The Labute approximate surface area is 200 Å². The van der Waals surface area contributed by atoms with Gasteiger partial charge in [-0.2, -0.15) is 0 Å².